The highest BCUT2D eigenvalue weighted by atomic mass is 32.2. The minimum atomic E-state index is -1.69. The number of hydrogen-bond acceptors (Lipinski definition) is 5. The molecule has 1 atom stereocenters. The van der Waals surface area contributed by atoms with Gasteiger partial charge in [-0.2, -0.15) is 0 Å². The molecule has 7 heteroatoms. The molecular formula is C28H25FO5S. The number of benzene rings is 4. The third-order valence-electron chi connectivity index (χ3n) is 5.59. The van der Waals surface area contributed by atoms with Gasteiger partial charge in [-0.1, -0.05) is 48.5 Å². The predicted octanol–water partition coefficient (Wildman–Crippen LogP) is 6.35. The van der Waals surface area contributed by atoms with Crippen molar-refractivity contribution in [1.82, 2.24) is 0 Å². The Balaban J connectivity index is 1.99. The molecule has 0 bridgehead atoms. The van der Waals surface area contributed by atoms with Crippen LogP contribution < -0.4 is 18.9 Å². The number of hydrogen-bond donors (Lipinski definition) is 0. The lowest BCUT2D eigenvalue weighted by molar-refractivity contribution is 0.322. The van der Waals surface area contributed by atoms with Crippen LogP contribution in [0.3, 0.4) is 0 Å². The number of halogens is 1. The first-order valence-corrected chi connectivity index (χ1v) is 11.9. The second-order valence-electron chi connectivity index (χ2n) is 7.53. The molecular weight excluding hydrogens is 467 g/mol. The molecule has 0 radical (unpaired) electrons. The summed E-state index contributed by atoms with van der Waals surface area (Å²) in [6, 6.07) is 19.2. The van der Waals surface area contributed by atoms with Crippen LogP contribution in [0.4, 0.5) is 4.39 Å². The first kappa shape index (κ1) is 24.3. The average Bonchev–Trinajstić information content (AvgIpc) is 2.90. The van der Waals surface area contributed by atoms with Gasteiger partial charge >= 0.3 is 0 Å². The summed E-state index contributed by atoms with van der Waals surface area (Å²) in [6.45, 7) is 0. The van der Waals surface area contributed by atoms with Crippen LogP contribution in [-0.4, -0.2) is 32.6 Å². The lowest BCUT2D eigenvalue weighted by Gasteiger charge is -2.19. The summed E-state index contributed by atoms with van der Waals surface area (Å²) in [4.78, 5) is 0.990. The van der Waals surface area contributed by atoms with Gasteiger partial charge in [0.1, 0.15) is 11.6 Å². The molecule has 0 saturated carbocycles. The Bertz CT molecular complexity index is 1410. The van der Waals surface area contributed by atoms with Crippen molar-refractivity contribution in [1.29, 1.82) is 0 Å². The smallest absolute Gasteiger partial charge is 0.203 e. The van der Waals surface area contributed by atoms with Gasteiger partial charge in [0.15, 0.2) is 11.5 Å². The van der Waals surface area contributed by atoms with Gasteiger partial charge in [-0.25, -0.2) is 8.60 Å². The van der Waals surface area contributed by atoms with Crippen LogP contribution in [0.2, 0.25) is 0 Å². The molecule has 5 nitrogen and oxygen atoms in total. The topological polar surface area (TPSA) is 54.0 Å². The summed E-state index contributed by atoms with van der Waals surface area (Å²) in [7, 11) is 4.39. The summed E-state index contributed by atoms with van der Waals surface area (Å²) in [6.07, 6.45) is 3.57. The molecule has 0 unspecified atom stereocenters. The van der Waals surface area contributed by atoms with E-state index in [1.807, 2.05) is 36.4 Å². The van der Waals surface area contributed by atoms with E-state index < -0.39 is 10.8 Å². The predicted molar refractivity (Wildman–Crippen MR) is 137 cm³/mol. The molecule has 0 aromatic heterocycles. The summed E-state index contributed by atoms with van der Waals surface area (Å²) in [5.41, 5.74) is 1.31. The molecule has 0 aliphatic carbocycles. The Hall–Kier alpha value is -3.84. The maximum atomic E-state index is 14.2. The van der Waals surface area contributed by atoms with Crippen molar-refractivity contribution in [2.75, 3.05) is 28.4 Å². The van der Waals surface area contributed by atoms with Gasteiger partial charge in [-0.15, -0.1) is 0 Å². The van der Waals surface area contributed by atoms with E-state index in [1.165, 1.54) is 33.5 Å². The molecule has 0 heterocycles. The number of ether oxygens (including phenoxy) is 4. The van der Waals surface area contributed by atoms with Crippen molar-refractivity contribution in [3.63, 3.8) is 0 Å². The highest BCUT2D eigenvalue weighted by molar-refractivity contribution is 7.85. The van der Waals surface area contributed by atoms with Crippen molar-refractivity contribution >= 4 is 33.7 Å². The van der Waals surface area contributed by atoms with E-state index in [0.717, 1.165) is 16.3 Å². The van der Waals surface area contributed by atoms with Gasteiger partial charge in [0.25, 0.3) is 0 Å². The van der Waals surface area contributed by atoms with Crippen LogP contribution in [0.1, 0.15) is 11.1 Å². The average molecular weight is 493 g/mol. The van der Waals surface area contributed by atoms with Gasteiger partial charge in [-0.3, -0.25) is 0 Å². The fourth-order valence-corrected chi connectivity index (χ4v) is 5.42. The zero-order valence-corrected chi connectivity index (χ0v) is 20.6. The van der Waals surface area contributed by atoms with Gasteiger partial charge in [-0.05, 0) is 35.2 Å². The summed E-state index contributed by atoms with van der Waals surface area (Å²) >= 11 is 0. The summed E-state index contributed by atoms with van der Waals surface area (Å²) in [5, 5.41) is 1.75. The van der Waals surface area contributed by atoms with E-state index in [2.05, 4.69) is 0 Å². The Labute approximate surface area is 206 Å². The van der Waals surface area contributed by atoms with Crippen molar-refractivity contribution in [2.24, 2.45) is 0 Å². The van der Waals surface area contributed by atoms with E-state index >= 15 is 0 Å². The molecule has 35 heavy (non-hydrogen) atoms. The highest BCUT2D eigenvalue weighted by Gasteiger charge is 2.26. The van der Waals surface area contributed by atoms with E-state index in [4.69, 9.17) is 18.9 Å². The first-order valence-electron chi connectivity index (χ1n) is 10.8. The zero-order valence-electron chi connectivity index (χ0n) is 19.8. The number of rotatable bonds is 8. The third-order valence-corrected chi connectivity index (χ3v) is 7.12. The zero-order chi connectivity index (χ0) is 24.9. The van der Waals surface area contributed by atoms with E-state index in [9.17, 15) is 8.60 Å². The lowest BCUT2D eigenvalue weighted by Crippen LogP contribution is -2.04. The molecule has 0 aliphatic rings. The quantitative estimate of drug-likeness (QED) is 0.268. The largest absolute Gasteiger partial charge is 0.495 e. The maximum Gasteiger partial charge on any atom is 0.203 e. The van der Waals surface area contributed by atoms with Crippen LogP contribution in [0.5, 0.6) is 23.0 Å². The maximum absolute atomic E-state index is 14.2. The molecule has 0 spiro atoms. The van der Waals surface area contributed by atoms with Gasteiger partial charge < -0.3 is 18.9 Å². The molecule has 4 aromatic rings. The molecule has 0 fully saturated rings. The second kappa shape index (κ2) is 10.6. The Morgan fingerprint density at radius 2 is 1.43 bits per heavy atom. The van der Waals surface area contributed by atoms with Crippen molar-refractivity contribution < 1.29 is 27.5 Å². The second-order valence-corrected chi connectivity index (χ2v) is 8.91. The molecule has 4 aromatic carbocycles. The van der Waals surface area contributed by atoms with E-state index in [1.54, 1.807) is 37.5 Å². The monoisotopic (exact) mass is 492 g/mol. The fourth-order valence-electron chi connectivity index (χ4n) is 3.91. The Morgan fingerprint density at radius 1 is 0.743 bits per heavy atom. The first-order chi connectivity index (χ1) is 17.0. The van der Waals surface area contributed by atoms with Crippen molar-refractivity contribution in [2.45, 2.75) is 9.79 Å². The van der Waals surface area contributed by atoms with E-state index in [0.29, 0.717) is 38.4 Å². The van der Waals surface area contributed by atoms with Crippen LogP contribution in [0.15, 0.2) is 76.5 Å². The van der Waals surface area contributed by atoms with Gasteiger partial charge in [0, 0.05) is 17.0 Å². The standard InChI is InChI=1S/C28H25FO5S/c1-31-23-16-12-19-7-5-6-8-21(19)28(23)35(30)25-17-24(32-2)27(34-4)26(33-3)22(25)15-11-18-9-13-20(29)14-10-18/h5-17H,1-4H3/b15-11+/t35-/m1/s1. The summed E-state index contributed by atoms with van der Waals surface area (Å²) in [5.74, 6) is 1.30. The van der Waals surface area contributed by atoms with Gasteiger partial charge in [0.05, 0.1) is 49.0 Å². The molecule has 0 aliphatic heterocycles. The van der Waals surface area contributed by atoms with Crippen LogP contribution in [-0.2, 0) is 10.8 Å². The SMILES string of the molecule is COc1cc([S@@](=O)c2c(OC)ccc3ccccc23)c(/C=C/c2ccc(F)cc2)c(OC)c1OC. The summed E-state index contributed by atoms with van der Waals surface area (Å²) < 4.78 is 50.0. The highest BCUT2D eigenvalue weighted by Crippen LogP contribution is 2.46. The molecule has 0 amide bonds. The third kappa shape index (κ3) is 4.72. The van der Waals surface area contributed by atoms with Crippen LogP contribution in [0, 0.1) is 5.82 Å². The lowest BCUT2D eigenvalue weighted by atomic mass is 10.1. The Kier molecular flexibility index (Phi) is 7.36. The number of fused-ring (bicyclic) bond motifs is 1. The Morgan fingerprint density at radius 3 is 2.09 bits per heavy atom. The number of methoxy groups -OCH3 is 4. The van der Waals surface area contributed by atoms with Crippen LogP contribution >= 0.6 is 0 Å². The van der Waals surface area contributed by atoms with Gasteiger partial charge in [0.2, 0.25) is 5.75 Å². The fraction of sp³-hybridized carbons (Fsp3) is 0.143. The molecule has 0 saturated heterocycles. The van der Waals surface area contributed by atoms with Crippen molar-refractivity contribution in [3.8, 4) is 23.0 Å². The minimum absolute atomic E-state index is 0.323. The molecule has 180 valence electrons. The normalized spacial score (nSPS) is 12.0. The molecule has 4 rings (SSSR count). The molecule has 0 N–H and O–H groups in total. The van der Waals surface area contributed by atoms with Crippen LogP contribution in [0.25, 0.3) is 22.9 Å². The van der Waals surface area contributed by atoms with Crippen molar-refractivity contribution in [3.05, 3.63) is 83.7 Å². The van der Waals surface area contributed by atoms with E-state index in [-0.39, 0.29) is 5.82 Å². The minimum Gasteiger partial charge on any atom is -0.495 e.